The van der Waals surface area contributed by atoms with Gasteiger partial charge in [0.25, 0.3) is 0 Å². The highest BCUT2D eigenvalue weighted by atomic mass is 16.4. The summed E-state index contributed by atoms with van der Waals surface area (Å²) in [6, 6.07) is -3.00. The lowest BCUT2D eigenvalue weighted by atomic mass is 10.1. The molecule has 0 aliphatic carbocycles. The van der Waals surface area contributed by atoms with E-state index in [1.165, 1.54) is 6.92 Å². The van der Waals surface area contributed by atoms with E-state index in [9.17, 15) is 29.1 Å². The van der Waals surface area contributed by atoms with Crippen LogP contribution in [0.25, 0.3) is 0 Å². The second-order valence-corrected chi connectivity index (χ2v) is 6.09. The smallest absolute Gasteiger partial charge is 0.326 e. The van der Waals surface area contributed by atoms with Gasteiger partial charge < -0.3 is 31.5 Å². The molecule has 0 saturated carbocycles. The lowest BCUT2D eigenvalue weighted by Crippen LogP contribution is -2.53. The Balaban J connectivity index is 2.75. The van der Waals surface area contributed by atoms with E-state index in [2.05, 4.69) is 10.6 Å². The summed E-state index contributed by atoms with van der Waals surface area (Å²) in [6.45, 7) is 1.22. The molecule has 1 aliphatic heterocycles. The Morgan fingerprint density at radius 2 is 1.88 bits per heavy atom. The van der Waals surface area contributed by atoms with E-state index in [1.807, 2.05) is 0 Å². The molecule has 0 aromatic carbocycles. The second-order valence-electron chi connectivity index (χ2n) is 6.09. The van der Waals surface area contributed by atoms with Crippen molar-refractivity contribution >= 4 is 29.7 Å². The van der Waals surface area contributed by atoms with Gasteiger partial charge in [0, 0.05) is 13.0 Å². The molecule has 26 heavy (non-hydrogen) atoms. The zero-order chi connectivity index (χ0) is 19.9. The van der Waals surface area contributed by atoms with Crippen molar-refractivity contribution < 1.29 is 34.2 Å². The predicted octanol–water partition coefficient (Wildman–Crippen LogP) is -2.12. The van der Waals surface area contributed by atoms with E-state index < -0.39 is 54.3 Å². The third-order valence-electron chi connectivity index (χ3n) is 3.94. The number of likely N-dealkylation sites (tertiary alicyclic amines) is 1. The van der Waals surface area contributed by atoms with Crippen molar-refractivity contribution in [2.75, 3.05) is 13.1 Å². The van der Waals surface area contributed by atoms with E-state index in [-0.39, 0.29) is 19.4 Å². The molecule has 1 rings (SSSR count). The number of hydrogen-bond donors (Lipinski definition) is 5. The van der Waals surface area contributed by atoms with E-state index in [1.54, 1.807) is 0 Å². The number of carbonyl (C=O) groups excluding carboxylic acids is 3. The number of nitrogens with zero attached hydrogens (tertiary/aromatic N) is 1. The second kappa shape index (κ2) is 9.70. The minimum atomic E-state index is -1.19. The molecule has 0 radical (unpaired) electrons. The van der Waals surface area contributed by atoms with Gasteiger partial charge in [0.05, 0.1) is 12.6 Å². The van der Waals surface area contributed by atoms with E-state index in [4.69, 9.17) is 10.8 Å². The lowest BCUT2D eigenvalue weighted by molar-refractivity contribution is -0.149. The first-order valence-corrected chi connectivity index (χ1v) is 8.21. The van der Waals surface area contributed by atoms with Crippen LogP contribution in [0.15, 0.2) is 0 Å². The molecule has 1 saturated heterocycles. The molecule has 3 atom stereocenters. The lowest BCUT2D eigenvalue weighted by Gasteiger charge is -2.27. The van der Waals surface area contributed by atoms with Gasteiger partial charge in [-0.2, -0.15) is 0 Å². The minimum absolute atomic E-state index is 0.190. The molecule has 3 unspecified atom stereocenters. The summed E-state index contributed by atoms with van der Waals surface area (Å²) < 4.78 is 0. The van der Waals surface area contributed by atoms with Crippen molar-refractivity contribution in [2.24, 2.45) is 5.73 Å². The summed E-state index contributed by atoms with van der Waals surface area (Å²) in [5, 5.41) is 22.6. The minimum Gasteiger partial charge on any atom is -0.481 e. The fourth-order valence-corrected chi connectivity index (χ4v) is 2.59. The number of nitrogens with two attached hydrogens (primary N) is 1. The maximum atomic E-state index is 12.6. The molecule has 0 spiro atoms. The molecule has 0 aromatic rings. The average Bonchev–Trinajstić information content (AvgIpc) is 3.05. The van der Waals surface area contributed by atoms with Crippen LogP contribution in [0.4, 0.5) is 0 Å². The SMILES string of the molecule is CC(N)C(=O)NCC(=O)NC(CCC(=O)O)C(=O)N1CCCC1C(=O)O. The topological polar surface area (TPSA) is 179 Å². The van der Waals surface area contributed by atoms with E-state index in [0.717, 1.165) is 4.90 Å². The highest BCUT2D eigenvalue weighted by Crippen LogP contribution is 2.19. The predicted molar refractivity (Wildman–Crippen MR) is 87.8 cm³/mol. The summed E-state index contributed by atoms with van der Waals surface area (Å²) >= 11 is 0. The average molecular weight is 372 g/mol. The van der Waals surface area contributed by atoms with Gasteiger partial charge in [0.15, 0.2) is 0 Å². The summed E-state index contributed by atoms with van der Waals surface area (Å²) in [6.07, 6.45) is 0.232. The number of carboxylic acids is 2. The quantitative estimate of drug-likeness (QED) is 0.304. The molecular weight excluding hydrogens is 348 g/mol. The summed E-state index contributed by atoms with van der Waals surface area (Å²) in [7, 11) is 0. The van der Waals surface area contributed by atoms with Gasteiger partial charge in [0.1, 0.15) is 12.1 Å². The van der Waals surface area contributed by atoms with Crippen molar-refractivity contribution in [1.82, 2.24) is 15.5 Å². The fraction of sp³-hybridized carbons (Fsp3) is 0.667. The summed E-state index contributed by atoms with van der Waals surface area (Å²) in [4.78, 5) is 59.1. The molecule has 0 bridgehead atoms. The molecule has 11 nitrogen and oxygen atoms in total. The third-order valence-corrected chi connectivity index (χ3v) is 3.94. The van der Waals surface area contributed by atoms with Crippen LogP contribution < -0.4 is 16.4 Å². The van der Waals surface area contributed by atoms with Crippen molar-refractivity contribution in [1.29, 1.82) is 0 Å². The number of aliphatic carboxylic acids is 2. The first-order chi connectivity index (χ1) is 12.1. The Bertz CT molecular complexity index is 578. The molecule has 146 valence electrons. The Morgan fingerprint density at radius 3 is 2.42 bits per heavy atom. The van der Waals surface area contributed by atoms with Crippen LogP contribution in [0.2, 0.25) is 0 Å². The van der Waals surface area contributed by atoms with Crippen LogP contribution in [0.3, 0.4) is 0 Å². The highest BCUT2D eigenvalue weighted by molar-refractivity contribution is 5.93. The molecular formula is C15H24N4O7. The van der Waals surface area contributed by atoms with Crippen LogP contribution in [0.5, 0.6) is 0 Å². The van der Waals surface area contributed by atoms with Crippen molar-refractivity contribution in [2.45, 2.75) is 50.7 Å². The largest absolute Gasteiger partial charge is 0.481 e. The molecule has 6 N–H and O–H groups in total. The van der Waals surface area contributed by atoms with Crippen molar-refractivity contribution in [3.8, 4) is 0 Å². The van der Waals surface area contributed by atoms with Gasteiger partial charge in [-0.05, 0) is 26.2 Å². The van der Waals surface area contributed by atoms with Gasteiger partial charge in [0.2, 0.25) is 17.7 Å². The first-order valence-electron chi connectivity index (χ1n) is 8.21. The maximum absolute atomic E-state index is 12.6. The van der Waals surface area contributed by atoms with Gasteiger partial charge >= 0.3 is 11.9 Å². The monoisotopic (exact) mass is 372 g/mol. The maximum Gasteiger partial charge on any atom is 0.326 e. The standard InChI is InChI=1S/C15H24N4O7/c1-8(16)13(23)17-7-11(20)18-9(4-5-12(21)22)14(24)19-6-2-3-10(19)15(25)26/h8-10H,2-7,16H2,1H3,(H,17,23)(H,18,20)(H,21,22)(H,25,26). The van der Waals surface area contributed by atoms with Crippen LogP contribution in [-0.4, -0.2) is 76.0 Å². The molecule has 1 aliphatic rings. The molecule has 3 amide bonds. The first kappa shape index (κ1) is 21.4. The number of carboxylic acid groups (broad SMARTS) is 2. The Kier molecular flexibility index (Phi) is 7.97. The molecule has 1 heterocycles. The number of hydrogen-bond acceptors (Lipinski definition) is 6. The molecule has 11 heteroatoms. The van der Waals surface area contributed by atoms with Crippen molar-refractivity contribution in [3.63, 3.8) is 0 Å². The summed E-state index contributed by atoms with van der Waals surface area (Å²) in [5.41, 5.74) is 5.35. The molecule has 0 aromatic heterocycles. The van der Waals surface area contributed by atoms with Gasteiger partial charge in [-0.25, -0.2) is 4.79 Å². The number of carbonyl (C=O) groups is 5. The van der Waals surface area contributed by atoms with Gasteiger partial charge in [-0.15, -0.1) is 0 Å². The zero-order valence-electron chi connectivity index (χ0n) is 14.4. The molecule has 1 fully saturated rings. The number of amides is 3. The van der Waals surface area contributed by atoms with E-state index in [0.29, 0.717) is 12.8 Å². The Morgan fingerprint density at radius 1 is 1.23 bits per heavy atom. The van der Waals surface area contributed by atoms with Crippen LogP contribution in [0.1, 0.15) is 32.6 Å². The van der Waals surface area contributed by atoms with Crippen molar-refractivity contribution in [3.05, 3.63) is 0 Å². The normalized spacial score (nSPS) is 18.7. The Labute approximate surface area is 149 Å². The van der Waals surface area contributed by atoms with Crippen LogP contribution in [0, 0.1) is 0 Å². The fourth-order valence-electron chi connectivity index (χ4n) is 2.59. The van der Waals surface area contributed by atoms with Crippen LogP contribution in [-0.2, 0) is 24.0 Å². The Hall–Kier alpha value is -2.69. The zero-order valence-corrected chi connectivity index (χ0v) is 14.4. The van der Waals surface area contributed by atoms with E-state index >= 15 is 0 Å². The summed E-state index contributed by atoms with van der Waals surface area (Å²) in [5.74, 6) is -4.21. The number of nitrogens with one attached hydrogen (secondary N) is 2. The van der Waals surface area contributed by atoms with Crippen LogP contribution >= 0.6 is 0 Å². The third kappa shape index (κ3) is 6.31. The number of rotatable bonds is 9. The van der Waals surface area contributed by atoms with Gasteiger partial charge in [-0.1, -0.05) is 0 Å². The highest BCUT2D eigenvalue weighted by Gasteiger charge is 2.37. The van der Waals surface area contributed by atoms with Gasteiger partial charge in [-0.3, -0.25) is 19.2 Å².